The van der Waals surface area contributed by atoms with Crippen LogP contribution in [-0.2, 0) is 36.9 Å². The molecule has 5 atom stereocenters. The summed E-state index contributed by atoms with van der Waals surface area (Å²) in [7, 11) is -3.62. The van der Waals surface area contributed by atoms with Crippen LogP contribution in [0.15, 0.2) is 84.9 Å². The summed E-state index contributed by atoms with van der Waals surface area (Å²) in [5, 5.41) is 25.4. The minimum absolute atomic E-state index is 0.0620. The van der Waals surface area contributed by atoms with Crippen LogP contribution in [-0.4, -0.2) is 116 Å². The zero-order chi connectivity index (χ0) is 38.6. The number of nitrogens with one attached hydrogen (secondary N) is 1. The van der Waals surface area contributed by atoms with E-state index in [1.807, 2.05) is 91.0 Å². The van der Waals surface area contributed by atoms with Crippen molar-refractivity contribution in [2.45, 2.75) is 74.7 Å². The number of alkyl carbamates (subject to hydrolysis) is 1. The fourth-order valence-electron chi connectivity index (χ4n) is 7.51. The van der Waals surface area contributed by atoms with E-state index in [4.69, 9.17) is 14.2 Å². The van der Waals surface area contributed by atoms with Gasteiger partial charge in [0.15, 0.2) is 9.84 Å². The van der Waals surface area contributed by atoms with Crippen molar-refractivity contribution < 1.29 is 42.4 Å². The van der Waals surface area contributed by atoms with Gasteiger partial charge in [-0.2, -0.15) is 0 Å². The molecule has 0 spiro atoms. The van der Waals surface area contributed by atoms with Crippen LogP contribution >= 0.6 is 0 Å². The summed E-state index contributed by atoms with van der Waals surface area (Å²) < 4.78 is 42.0. The van der Waals surface area contributed by atoms with Crippen molar-refractivity contribution in [2.75, 3.05) is 51.8 Å². The van der Waals surface area contributed by atoms with Crippen LogP contribution in [0.25, 0.3) is 6.08 Å². The van der Waals surface area contributed by atoms with E-state index in [1.165, 1.54) is 0 Å². The summed E-state index contributed by atoms with van der Waals surface area (Å²) in [6, 6.07) is 23.1. The van der Waals surface area contributed by atoms with Gasteiger partial charge in [-0.05, 0) is 66.5 Å². The predicted octanol–water partition coefficient (Wildman–Crippen LogP) is 4.30. The van der Waals surface area contributed by atoms with Crippen LogP contribution in [0.1, 0.15) is 60.4 Å². The van der Waals surface area contributed by atoms with Crippen molar-refractivity contribution in [3.8, 4) is 5.75 Å². The predicted molar refractivity (Wildman–Crippen MR) is 209 cm³/mol. The molecule has 2 fully saturated rings. The first-order valence-electron chi connectivity index (χ1n) is 19.3. The number of fused-ring (bicyclic) bond motifs is 1. The molecule has 0 radical (unpaired) electrons. The molecule has 0 bridgehead atoms. The molecule has 2 heterocycles. The monoisotopic (exact) mass is 775 g/mol. The number of amides is 2. The van der Waals surface area contributed by atoms with Gasteiger partial charge in [0, 0.05) is 39.0 Å². The van der Waals surface area contributed by atoms with Crippen molar-refractivity contribution in [1.29, 1.82) is 0 Å². The maximum absolute atomic E-state index is 14.4. The fraction of sp³-hybridized carbons (Fsp3) is 0.476. The van der Waals surface area contributed by atoms with Crippen LogP contribution in [0, 0.1) is 0 Å². The molecule has 3 N–H and O–H groups in total. The Morgan fingerprint density at radius 2 is 1.75 bits per heavy atom. The lowest BCUT2D eigenvalue weighted by Gasteiger charge is -2.33. The Bertz CT molecular complexity index is 1830. The highest BCUT2D eigenvalue weighted by Crippen LogP contribution is 2.36. The summed E-state index contributed by atoms with van der Waals surface area (Å²) in [5.74, 6) is 0.300. The lowest BCUT2D eigenvalue weighted by atomic mass is 9.98. The molecular formula is C42H53N3O9S. The standard InChI is InChI=1S/C42H53N3O9S/c46-37(20-17-31-9-2-1-3-10-31)36(43-42(49)54-40-14-6-7-28-55(40,50)51)30-39(48)45(41-35-13-5-4-12-33(35)29-38(41)47)21-8-11-32-15-18-34(19-16-32)53-27-24-44-22-25-52-26-23-44/h1-5,8-13,15-16,18-19,36-38,40-41,46-47H,6-7,14,17,20-30H2,(H,43,49)/t36-,37-,38+,40?,41-/m0/s1. The summed E-state index contributed by atoms with van der Waals surface area (Å²) >= 11 is 0. The SMILES string of the molecule is O=C(N[C@@H](CC(=O)N(CC=Cc1ccc(OCCN2CCOCC2)cc1)[C@H]1c2ccccc2C[C@H]1O)[C@@H](O)CCc1ccccc1)OC1CCCCS1(=O)=O. The number of ether oxygens (including phenoxy) is 3. The number of hydrogen-bond donors (Lipinski definition) is 3. The second-order valence-corrected chi connectivity index (χ2v) is 16.7. The van der Waals surface area contributed by atoms with E-state index in [-0.39, 0.29) is 31.6 Å². The van der Waals surface area contributed by atoms with Crippen molar-refractivity contribution in [2.24, 2.45) is 0 Å². The van der Waals surface area contributed by atoms with Crippen LogP contribution in [0.2, 0.25) is 0 Å². The highest BCUT2D eigenvalue weighted by Gasteiger charge is 2.39. The van der Waals surface area contributed by atoms with Crippen molar-refractivity contribution in [3.63, 3.8) is 0 Å². The molecule has 1 aliphatic carbocycles. The number of carbonyl (C=O) groups is 2. The molecule has 296 valence electrons. The molecule has 3 aliphatic rings. The molecule has 2 amide bonds. The van der Waals surface area contributed by atoms with E-state index in [9.17, 15) is 28.2 Å². The van der Waals surface area contributed by atoms with Crippen LogP contribution in [0.3, 0.4) is 0 Å². The molecule has 6 rings (SSSR count). The Kier molecular flexibility index (Phi) is 14.4. The average molecular weight is 776 g/mol. The van der Waals surface area contributed by atoms with Crippen LogP contribution < -0.4 is 10.1 Å². The molecule has 3 aromatic carbocycles. The van der Waals surface area contributed by atoms with Crippen LogP contribution in [0.5, 0.6) is 5.75 Å². The molecule has 0 aromatic heterocycles. The maximum atomic E-state index is 14.4. The average Bonchev–Trinajstić information content (AvgIpc) is 3.52. The molecule has 0 saturated carbocycles. The number of hydrogen-bond acceptors (Lipinski definition) is 10. The highest BCUT2D eigenvalue weighted by molar-refractivity contribution is 7.91. The largest absolute Gasteiger partial charge is 0.492 e. The van der Waals surface area contributed by atoms with E-state index in [0.29, 0.717) is 32.3 Å². The van der Waals surface area contributed by atoms with E-state index >= 15 is 0 Å². The quantitative estimate of drug-likeness (QED) is 0.192. The number of nitrogens with zero attached hydrogens (tertiary/aromatic N) is 2. The van der Waals surface area contributed by atoms with Crippen molar-refractivity contribution >= 4 is 27.9 Å². The third-order valence-corrected chi connectivity index (χ3v) is 12.6. The Morgan fingerprint density at radius 3 is 2.51 bits per heavy atom. The first kappa shape index (κ1) is 40.4. The van der Waals surface area contributed by atoms with Gasteiger partial charge in [-0.1, -0.05) is 78.9 Å². The minimum Gasteiger partial charge on any atom is -0.492 e. The second-order valence-electron chi connectivity index (χ2n) is 14.5. The van der Waals surface area contributed by atoms with E-state index in [2.05, 4.69) is 10.2 Å². The Morgan fingerprint density at radius 1 is 1.00 bits per heavy atom. The van der Waals surface area contributed by atoms with Gasteiger partial charge in [0.1, 0.15) is 12.4 Å². The number of sulfone groups is 1. The van der Waals surface area contributed by atoms with E-state index in [1.54, 1.807) is 4.90 Å². The lowest BCUT2D eigenvalue weighted by Crippen LogP contribution is -2.49. The molecule has 2 saturated heterocycles. The number of benzene rings is 3. The summed E-state index contributed by atoms with van der Waals surface area (Å²) in [6.45, 7) is 4.84. The molecule has 12 nitrogen and oxygen atoms in total. The summed E-state index contributed by atoms with van der Waals surface area (Å²) in [5.41, 5.74) is 2.39. The molecule has 55 heavy (non-hydrogen) atoms. The third kappa shape index (κ3) is 11.4. The van der Waals surface area contributed by atoms with Gasteiger partial charge in [-0.3, -0.25) is 9.69 Å². The zero-order valence-electron chi connectivity index (χ0n) is 31.2. The Balaban J connectivity index is 1.16. The second kappa shape index (κ2) is 19.5. The molecule has 13 heteroatoms. The van der Waals surface area contributed by atoms with Gasteiger partial charge in [0.2, 0.25) is 11.3 Å². The highest BCUT2D eigenvalue weighted by atomic mass is 32.2. The molecule has 2 aliphatic heterocycles. The third-order valence-electron chi connectivity index (χ3n) is 10.6. The number of morpholine rings is 1. The number of aliphatic hydroxyl groups excluding tert-OH is 2. The van der Waals surface area contributed by atoms with E-state index < -0.39 is 51.6 Å². The van der Waals surface area contributed by atoms with Crippen molar-refractivity contribution in [3.05, 3.63) is 107 Å². The molecular weight excluding hydrogens is 723 g/mol. The molecule has 1 unspecified atom stereocenters. The van der Waals surface area contributed by atoms with E-state index in [0.717, 1.165) is 60.9 Å². The maximum Gasteiger partial charge on any atom is 0.408 e. The van der Waals surface area contributed by atoms with Crippen molar-refractivity contribution in [1.82, 2.24) is 15.1 Å². The number of rotatable bonds is 16. The molecule has 3 aromatic rings. The van der Waals surface area contributed by atoms with Gasteiger partial charge in [0.05, 0.1) is 43.3 Å². The van der Waals surface area contributed by atoms with Gasteiger partial charge >= 0.3 is 6.09 Å². The van der Waals surface area contributed by atoms with Gasteiger partial charge in [-0.25, -0.2) is 13.2 Å². The van der Waals surface area contributed by atoms with Crippen LogP contribution in [0.4, 0.5) is 4.79 Å². The van der Waals surface area contributed by atoms with Gasteiger partial charge in [-0.15, -0.1) is 0 Å². The topological polar surface area (TPSA) is 155 Å². The van der Waals surface area contributed by atoms with Gasteiger partial charge < -0.3 is 34.6 Å². The van der Waals surface area contributed by atoms with Gasteiger partial charge in [0.25, 0.3) is 0 Å². The minimum atomic E-state index is -3.62. The smallest absolute Gasteiger partial charge is 0.408 e. The summed E-state index contributed by atoms with van der Waals surface area (Å²) in [4.78, 5) is 31.5. The fourth-order valence-corrected chi connectivity index (χ4v) is 9.13. The number of carbonyl (C=O) groups excluding carboxylic acids is 2. The Hall–Kier alpha value is -4.27. The Labute approximate surface area is 324 Å². The summed E-state index contributed by atoms with van der Waals surface area (Å²) in [6.07, 6.45) is 2.83. The number of aryl methyl sites for hydroxylation is 1. The number of aliphatic hydroxyl groups is 2. The lowest BCUT2D eigenvalue weighted by molar-refractivity contribution is -0.136. The first-order valence-corrected chi connectivity index (χ1v) is 21.0. The normalized spacial score (nSPS) is 22.0. The zero-order valence-corrected chi connectivity index (χ0v) is 32.0. The first-order chi connectivity index (χ1) is 26.7.